The Morgan fingerprint density at radius 1 is 0.917 bits per heavy atom. The number of fused-ring (bicyclic) bond motifs is 4. The van der Waals surface area contributed by atoms with Crippen LogP contribution < -0.4 is 26.2 Å². The summed E-state index contributed by atoms with van der Waals surface area (Å²) in [6.45, 7) is 12.6. The number of hydrogen-bond acceptors (Lipinski definition) is 13. The highest BCUT2D eigenvalue weighted by Gasteiger charge is 2.45. The van der Waals surface area contributed by atoms with Gasteiger partial charge in [-0.1, -0.05) is 70.7 Å². The number of aliphatic hydroxyl groups excluding tert-OH is 1. The molecule has 1 saturated carbocycles. The molecule has 1 aromatic carbocycles. The van der Waals surface area contributed by atoms with E-state index in [9.17, 15) is 29.1 Å². The maximum Gasteiger partial charge on any atom is 0.268 e. The fourth-order valence-electron chi connectivity index (χ4n) is 10.8. The van der Waals surface area contributed by atoms with Gasteiger partial charge in [0.1, 0.15) is 29.2 Å². The van der Waals surface area contributed by atoms with E-state index in [1.807, 2.05) is 93.7 Å². The molecule has 4 aromatic heterocycles. The molecule has 2 unspecified atom stereocenters. The van der Waals surface area contributed by atoms with Crippen LogP contribution in [0.3, 0.4) is 0 Å². The fourth-order valence-corrected chi connectivity index (χ4v) is 11.7. The van der Waals surface area contributed by atoms with E-state index < -0.39 is 29.5 Å². The van der Waals surface area contributed by atoms with Crippen molar-refractivity contribution < 1.29 is 29.1 Å². The van der Waals surface area contributed by atoms with E-state index in [1.165, 1.54) is 11.3 Å². The molecule has 72 heavy (non-hydrogen) atoms. The van der Waals surface area contributed by atoms with E-state index >= 15 is 0 Å². The summed E-state index contributed by atoms with van der Waals surface area (Å²) in [6.07, 6.45) is 10.7. The zero-order chi connectivity index (χ0) is 50.7. The van der Waals surface area contributed by atoms with Crippen LogP contribution in [0.5, 0.6) is 0 Å². The minimum Gasteiger partial charge on any atom is -0.391 e. The number of nitrogens with zero attached hydrogens (tertiary/aromatic N) is 8. The zero-order valence-corrected chi connectivity index (χ0v) is 42.9. The summed E-state index contributed by atoms with van der Waals surface area (Å²) in [5, 5.41) is 23.9. The van der Waals surface area contributed by atoms with E-state index in [4.69, 9.17) is 4.98 Å². The maximum atomic E-state index is 14.2. The summed E-state index contributed by atoms with van der Waals surface area (Å²) in [5.74, 6) is 0.00319. The van der Waals surface area contributed by atoms with Gasteiger partial charge in [0, 0.05) is 70.1 Å². The number of aryl methyl sites for hydroxylation is 1. The summed E-state index contributed by atoms with van der Waals surface area (Å²) in [5.41, 5.74) is 6.26. The van der Waals surface area contributed by atoms with Crippen LogP contribution in [0.25, 0.3) is 21.5 Å². The van der Waals surface area contributed by atoms with Crippen LogP contribution in [0.4, 0.5) is 17.5 Å². The molecule has 4 aliphatic rings. The number of unbranched alkanes of at least 4 members (excludes halogenated alkanes) is 2. The highest BCUT2D eigenvalue weighted by Crippen LogP contribution is 2.40. The molecule has 0 radical (unpaired) electrons. The number of benzene rings is 1. The predicted molar refractivity (Wildman–Crippen MR) is 277 cm³/mol. The Labute approximate surface area is 424 Å². The summed E-state index contributed by atoms with van der Waals surface area (Å²) in [4.78, 5) is 92.3. The van der Waals surface area contributed by atoms with Crippen molar-refractivity contribution in [2.75, 3.05) is 49.5 Å². The smallest absolute Gasteiger partial charge is 0.268 e. The second-order valence-corrected chi connectivity index (χ2v) is 22.0. The van der Waals surface area contributed by atoms with E-state index in [-0.39, 0.29) is 54.6 Å². The number of aliphatic hydroxyl groups is 1. The Bertz CT molecular complexity index is 2770. The van der Waals surface area contributed by atoms with Crippen molar-refractivity contribution in [3.8, 4) is 10.4 Å². The van der Waals surface area contributed by atoms with Crippen LogP contribution in [0.15, 0.2) is 60.4 Å². The second-order valence-electron chi connectivity index (χ2n) is 21.1. The van der Waals surface area contributed by atoms with Gasteiger partial charge in [-0.05, 0) is 74.3 Å². The number of aromatic nitrogens is 5. The predicted octanol–water partition coefficient (Wildman–Crippen LogP) is 6.37. The third-order valence-electron chi connectivity index (χ3n) is 15.0. The summed E-state index contributed by atoms with van der Waals surface area (Å²) in [6, 6.07) is 11.6. The first kappa shape index (κ1) is 50.5. The normalized spacial score (nSPS) is 19.7. The van der Waals surface area contributed by atoms with Crippen molar-refractivity contribution in [3.05, 3.63) is 77.3 Å². The van der Waals surface area contributed by atoms with Crippen LogP contribution >= 0.6 is 11.3 Å². The topological polar surface area (TPSA) is 220 Å². The summed E-state index contributed by atoms with van der Waals surface area (Å²) in [7, 11) is 0. The number of carbonyl (C=O) groups is 5. The Hall–Kier alpha value is -6.47. The van der Waals surface area contributed by atoms with E-state index in [1.54, 1.807) is 17.5 Å². The molecule has 3 fully saturated rings. The average molecular weight is 1000 g/mol. The lowest BCUT2D eigenvalue weighted by Gasteiger charge is -2.42. The van der Waals surface area contributed by atoms with Gasteiger partial charge in [0.25, 0.3) is 5.91 Å². The molecule has 1 spiro atoms. The largest absolute Gasteiger partial charge is 0.391 e. The number of piperazine rings is 1. The molecule has 4 atom stereocenters. The lowest BCUT2D eigenvalue weighted by Crippen LogP contribution is -2.57. The molecule has 1 aliphatic carbocycles. The van der Waals surface area contributed by atoms with Gasteiger partial charge in [-0.25, -0.2) is 15.0 Å². The fraction of sp³-hybridized carbons (Fsp3) is 0.528. The van der Waals surface area contributed by atoms with Crippen LogP contribution in [-0.2, 0) is 24.7 Å². The average Bonchev–Trinajstić information content (AvgIpc) is 4.11. The number of likely N-dealkylation sites (tertiary alicyclic amines) is 1. The molecule has 3 aliphatic heterocycles. The number of β-amino-alcohol motifs (C(OH)–C–C–N with tert-alkyl or cyclic N) is 1. The quantitative estimate of drug-likeness (QED) is 0.0723. The number of anilines is 3. The van der Waals surface area contributed by atoms with E-state index in [0.29, 0.717) is 75.9 Å². The van der Waals surface area contributed by atoms with Gasteiger partial charge in [0.2, 0.25) is 29.6 Å². The zero-order valence-electron chi connectivity index (χ0n) is 42.1. The van der Waals surface area contributed by atoms with Crippen LogP contribution in [0.1, 0.15) is 126 Å². The number of nitrogens with one attached hydrogen (secondary N) is 4. The number of amides is 5. The van der Waals surface area contributed by atoms with Crippen molar-refractivity contribution in [1.29, 1.82) is 0 Å². The van der Waals surface area contributed by atoms with Gasteiger partial charge in [-0.3, -0.25) is 24.0 Å². The molecule has 382 valence electrons. The molecule has 19 heteroatoms. The van der Waals surface area contributed by atoms with Gasteiger partial charge >= 0.3 is 0 Å². The van der Waals surface area contributed by atoms with Crippen LogP contribution in [0, 0.1) is 12.3 Å². The third-order valence-corrected chi connectivity index (χ3v) is 15.9. The first-order valence-corrected chi connectivity index (χ1v) is 26.5. The molecule has 7 heterocycles. The van der Waals surface area contributed by atoms with Gasteiger partial charge in [0.05, 0.1) is 45.7 Å². The molecule has 5 N–H and O–H groups in total. The standard InChI is InChI=1S/C53H68N12O6S/c1-33(35-14-16-36(17-15-35)45-34(2)57-32-72-45)58-49(70)40-27-39(66)30-64(40)50(71)46(52(3,4)5)60-43(67)12-8-6-9-13-44(68)63-24-22-62(23-25-63)38-18-19-42(54-29-38)59-51-55-28-37-26-41-48(69)56-31-53(20-10-7-11-21-53)65(41)47(37)61-51/h14-19,26,28-29,32-33,39-40,46,66H,6-13,20-25,27,30-31H2,1-5H3,(H,56,69)(H,58,70)(H,60,67)(H,54,55,59,61)/t33?,39-,40+,46?/m1/s1. The lowest BCUT2D eigenvalue weighted by molar-refractivity contribution is -0.144. The van der Waals surface area contributed by atoms with Crippen molar-refractivity contribution in [2.45, 2.75) is 135 Å². The molecule has 2 saturated heterocycles. The molecule has 5 amide bonds. The van der Waals surface area contributed by atoms with Crippen molar-refractivity contribution in [1.82, 2.24) is 50.3 Å². The first-order valence-electron chi connectivity index (χ1n) is 25.6. The lowest BCUT2D eigenvalue weighted by atomic mass is 9.80. The van der Waals surface area contributed by atoms with Gasteiger partial charge < -0.3 is 45.6 Å². The Morgan fingerprint density at radius 2 is 1.67 bits per heavy atom. The van der Waals surface area contributed by atoms with Crippen molar-refractivity contribution in [2.24, 2.45) is 5.41 Å². The van der Waals surface area contributed by atoms with Crippen molar-refractivity contribution >= 4 is 69.4 Å². The second kappa shape index (κ2) is 21.3. The number of hydrogen-bond donors (Lipinski definition) is 5. The van der Waals surface area contributed by atoms with E-state index in [0.717, 1.165) is 64.1 Å². The highest BCUT2D eigenvalue weighted by atomic mass is 32.1. The molecule has 5 aromatic rings. The molecule has 0 bridgehead atoms. The minimum absolute atomic E-state index is 0.00176. The monoisotopic (exact) mass is 1000 g/mol. The summed E-state index contributed by atoms with van der Waals surface area (Å²) >= 11 is 1.58. The number of carbonyl (C=O) groups excluding carboxylic acids is 5. The minimum atomic E-state index is -0.913. The van der Waals surface area contributed by atoms with Crippen molar-refractivity contribution in [3.63, 3.8) is 0 Å². The summed E-state index contributed by atoms with van der Waals surface area (Å²) < 4.78 is 2.16. The SMILES string of the molecule is Cc1ncsc1-c1ccc(C(C)NC(=O)[C@@H]2C[C@@H](O)CN2C(=O)C(NC(=O)CCCCCC(=O)N2CCN(c3ccc(Nc4ncc5cc6n(c5n4)C4(CCCCC4)CNC6=O)nc3)CC2)C(C)(C)C)cc1. The van der Waals surface area contributed by atoms with Gasteiger partial charge in [-0.2, -0.15) is 4.98 Å². The van der Waals surface area contributed by atoms with Gasteiger partial charge in [0.15, 0.2) is 0 Å². The Kier molecular flexibility index (Phi) is 14.9. The Balaban J connectivity index is 0.700. The van der Waals surface area contributed by atoms with Crippen LogP contribution in [0.2, 0.25) is 0 Å². The Morgan fingerprint density at radius 3 is 2.36 bits per heavy atom. The number of thiazole rings is 1. The number of pyridine rings is 1. The molecular formula is C53H68N12O6S. The molecular weight excluding hydrogens is 933 g/mol. The molecule has 18 nitrogen and oxygen atoms in total. The van der Waals surface area contributed by atoms with Crippen LogP contribution in [-0.4, -0.2) is 126 Å². The first-order chi connectivity index (χ1) is 34.6. The van der Waals surface area contributed by atoms with Gasteiger partial charge in [-0.15, -0.1) is 11.3 Å². The molecule has 9 rings (SSSR count). The third kappa shape index (κ3) is 11.0. The highest BCUT2D eigenvalue weighted by molar-refractivity contribution is 7.13. The van der Waals surface area contributed by atoms with E-state index in [2.05, 4.69) is 45.7 Å². The number of rotatable bonds is 15. The maximum absolute atomic E-state index is 14.2.